The summed E-state index contributed by atoms with van der Waals surface area (Å²) in [6.07, 6.45) is -2.47. The Balaban J connectivity index is 0.00000224. The molecule has 0 saturated carbocycles. The Kier molecular flexibility index (Phi) is 19.6. The smallest absolute Gasteiger partial charge is 0.550 e. The number of fused-ring (bicyclic) bond motifs is 2. The number of nitrogens with zero attached hydrogens (tertiary/aromatic N) is 2. The van der Waals surface area contributed by atoms with Crippen molar-refractivity contribution >= 4 is 46.6 Å². The van der Waals surface area contributed by atoms with Crippen LogP contribution in [0.5, 0.6) is 23.0 Å². The first-order valence-electron chi connectivity index (χ1n) is 18.6. The number of phenolic OH excluding ortho intramolecular Hbond substituents is 2. The average Bonchev–Trinajstić information content (AvgIpc) is 3.83. The van der Waals surface area contributed by atoms with Crippen LogP contribution in [0.4, 0.5) is 0 Å². The molecule has 0 fully saturated rings. The van der Waals surface area contributed by atoms with Crippen LogP contribution in [0.3, 0.4) is 0 Å². The Morgan fingerprint density at radius 1 is 0.469 bits per heavy atom. The Bertz CT molecular complexity index is 2480. The Morgan fingerprint density at radius 2 is 0.719 bits per heavy atom. The fraction of sp³-hybridized carbons (Fsp3) is 0.227. The van der Waals surface area contributed by atoms with Crippen molar-refractivity contribution < 1.29 is 178 Å². The van der Waals surface area contributed by atoms with Crippen LogP contribution in [0.2, 0.25) is 0 Å². The molecule has 2 aromatic heterocycles. The molecule has 0 unspecified atom stereocenters. The molecule has 0 saturated heterocycles. The molecule has 306 valence electrons. The molecule has 3 aliphatic rings. The van der Waals surface area contributed by atoms with Gasteiger partial charge in [0.1, 0.15) is 36.2 Å². The normalized spacial score (nSPS) is 12.3. The van der Waals surface area contributed by atoms with Gasteiger partial charge in [-0.1, -0.05) is 48.5 Å². The predicted molar refractivity (Wildman–Crippen MR) is 207 cm³/mol. The molecule has 14 nitrogen and oxygen atoms in total. The third kappa shape index (κ3) is 12.8. The van der Waals surface area contributed by atoms with Crippen molar-refractivity contribution in [2.24, 2.45) is 0 Å². The second kappa shape index (κ2) is 23.3. The molecule has 14 bridgehead atoms. The van der Waals surface area contributed by atoms with Crippen molar-refractivity contribution in [2.45, 2.75) is 64.6 Å². The van der Waals surface area contributed by atoms with Gasteiger partial charge in [-0.2, -0.15) is 0 Å². The number of carbonyl (C=O) groups is 4. The molecule has 0 atom stereocenters. The predicted octanol–water partition coefficient (Wildman–Crippen LogP) is -11.0. The van der Waals surface area contributed by atoms with Crippen molar-refractivity contribution in [2.75, 3.05) is 0 Å². The maximum absolute atomic E-state index is 12.0. The van der Waals surface area contributed by atoms with Gasteiger partial charge in [-0.3, -0.25) is 0 Å². The molecule has 0 radical (unpaired) electrons. The average molecular weight is 937 g/mol. The first kappa shape index (κ1) is 53.8. The number of ether oxygens (including phenoxy) is 2. The van der Waals surface area contributed by atoms with Gasteiger partial charge in [0.15, 0.2) is 10.0 Å². The minimum atomic E-state index is -1.38. The van der Waals surface area contributed by atoms with Gasteiger partial charge in [-0.05, 0) is 66.8 Å². The minimum Gasteiger partial charge on any atom is -0.550 e. The molecule has 4 aromatic carbocycles. The summed E-state index contributed by atoms with van der Waals surface area (Å²) in [5.74, 6) is -5.39. The van der Waals surface area contributed by atoms with Crippen LogP contribution < -0.4 is 148 Å². The third-order valence-electron chi connectivity index (χ3n) is 10.2. The van der Waals surface area contributed by atoms with E-state index in [2.05, 4.69) is 0 Å². The number of hydrogen-bond donors (Lipinski definition) is 2. The van der Waals surface area contributed by atoms with Gasteiger partial charge < -0.3 is 59.3 Å². The maximum atomic E-state index is 12.0. The van der Waals surface area contributed by atoms with Crippen molar-refractivity contribution in [3.8, 4) is 33.0 Å². The molecular weight excluding hydrogens is 905 g/mol. The second-order valence-corrected chi connectivity index (χ2v) is 16.5. The van der Waals surface area contributed by atoms with Gasteiger partial charge in [0, 0.05) is 86.0 Å². The number of carboxylic acid groups (broad SMARTS) is 4. The molecule has 20 heteroatoms. The standard InChI is InChI=1S/C44H36N2O12S2.4Na/c47-35(48)9-21-1-25-13-29-5-23(11-37(51)52)6-31-15-27-3-22(10-36(49)50)4-28(40(27)56)16-32-8-24(12-38(53)54)7-30(14-26(2-21)39(25)55)42(32)58-18-34-20-60-44(46-34)43-45-33(19-59-43)17-57-41(29)31;;;;/h1-8,19-20,55-56H,9-18H2,(H,47,48)(H,49,50)(H,51,52)(H,53,54);;;;/q;4*+1/p-4. The van der Waals surface area contributed by atoms with E-state index in [0.717, 1.165) is 0 Å². The minimum absolute atomic E-state index is 0. The largest absolute Gasteiger partial charge is 1.00 e. The van der Waals surface area contributed by atoms with E-state index in [9.17, 15) is 49.8 Å². The molecule has 0 amide bonds. The van der Waals surface area contributed by atoms with Gasteiger partial charge in [-0.25, -0.2) is 9.97 Å². The molecular formula is C44H32N2Na4O12S2. The molecule has 0 spiro atoms. The number of carboxylic acids is 4. The fourth-order valence-corrected chi connectivity index (χ4v) is 9.54. The Morgan fingerprint density at radius 3 is 0.969 bits per heavy atom. The Hall–Kier alpha value is -2.78. The van der Waals surface area contributed by atoms with E-state index in [1.165, 1.54) is 46.9 Å². The maximum Gasteiger partial charge on any atom is 1.00 e. The van der Waals surface area contributed by atoms with Crippen LogP contribution >= 0.6 is 22.7 Å². The molecule has 2 N–H and O–H groups in total. The SMILES string of the molecule is O=C([O-])Cc1cc2c(O)c(c1)Cc1cc(CC(=O)[O-])cc3c1OCc1csc(n1)-c1nc(cs1)COc1c(cc(CC(=O)[O-])cc1Cc1cc(CC(=O)[O-])cc(c1O)C3)C2.[Na+].[Na+].[Na+].[Na+]. The number of phenols is 2. The number of aromatic nitrogens is 2. The van der Waals surface area contributed by atoms with E-state index >= 15 is 0 Å². The van der Waals surface area contributed by atoms with E-state index in [-0.39, 0.29) is 214 Å². The van der Waals surface area contributed by atoms with E-state index in [0.29, 0.717) is 54.8 Å². The summed E-state index contributed by atoms with van der Waals surface area (Å²) in [7, 11) is 0. The molecule has 9 rings (SSSR count). The number of aromatic hydroxyl groups is 2. The summed E-state index contributed by atoms with van der Waals surface area (Å²) in [6, 6.07) is 12.4. The van der Waals surface area contributed by atoms with E-state index in [1.54, 1.807) is 24.3 Å². The van der Waals surface area contributed by atoms with Crippen LogP contribution in [0.25, 0.3) is 10.0 Å². The summed E-state index contributed by atoms with van der Waals surface area (Å²) < 4.78 is 13.1. The van der Waals surface area contributed by atoms with Gasteiger partial charge in [-0.15, -0.1) is 22.7 Å². The second-order valence-electron chi connectivity index (χ2n) is 14.8. The van der Waals surface area contributed by atoms with Crippen molar-refractivity contribution in [1.82, 2.24) is 9.97 Å². The summed E-state index contributed by atoms with van der Waals surface area (Å²) >= 11 is 2.70. The number of rotatable bonds is 8. The molecule has 64 heavy (non-hydrogen) atoms. The fourth-order valence-electron chi connectivity index (χ4n) is 7.88. The zero-order valence-electron chi connectivity index (χ0n) is 35.5. The van der Waals surface area contributed by atoms with Gasteiger partial charge in [0.25, 0.3) is 0 Å². The number of carbonyl (C=O) groups excluding carboxylic acids is 4. The molecule has 6 aromatic rings. The molecule has 4 heterocycles. The zero-order chi connectivity index (χ0) is 42.2. The zero-order valence-corrected chi connectivity index (χ0v) is 45.2. The van der Waals surface area contributed by atoms with Crippen LogP contribution in [-0.2, 0) is 83.8 Å². The quantitative estimate of drug-likeness (QED) is 0.135. The third-order valence-corrected chi connectivity index (χ3v) is 12.1. The van der Waals surface area contributed by atoms with Crippen molar-refractivity contribution in [3.05, 3.63) is 137 Å². The number of hydrogen-bond acceptors (Lipinski definition) is 16. The van der Waals surface area contributed by atoms with Crippen LogP contribution in [0, 0.1) is 0 Å². The van der Waals surface area contributed by atoms with Crippen molar-refractivity contribution in [3.63, 3.8) is 0 Å². The number of thiazole rings is 2. The monoisotopic (exact) mass is 936 g/mol. The summed E-state index contributed by atoms with van der Waals surface area (Å²) in [5, 5.41) is 77.0. The van der Waals surface area contributed by atoms with E-state index < -0.39 is 49.6 Å². The summed E-state index contributed by atoms with van der Waals surface area (Å²) in [4.78, 5) is 57.5. The first-order valence-corrected chi connectivity index (χ1v) is 20.4. The number of benzene rings is 4. The van der Waals surface area contributed by atoms with Gasteiger partial charge >= 0.3 is 118 Å². The van der Waals surface area contributed by atoms with Crippen molar-refractivity contribution in [1.29, 1.82) is 0 Å². The summed E-state index contributed by atoms with van der Waals surface area (Å²) in [6.45, 7) is -0.125. The molecule has 1 aliphatic carbocycles. The van der Waals surface area contributed by atoms with Crippen LogP contribution in [0.1, 0.15) is 78.1 Å². The van der Waals surface area contributed by atoms with Gasteiger partial charge in [0.05, 0.1) is 11.4 Å². The van der Waals surface area contributed by atoms with E-state index in [1.807, 2.05) is 10.8 Å². The van der Waals surface area contributed by atoms with Gasteiger partial charge in [0.2, 0.25) is 0 Å². The van der Waals surface area contributed by atoms with Crippen LogP contribution in [0.15, 0.2) is 59.3 Å². The Labute approximate surface area is 463 Å². The van der Waals surface area contributed by atoms with Crippen LogP contribution in [-0.4, -0.2) is 44.1 Å². The van der Waals surface area contributed by atoms with E-state index in [4.69, 9.17) is 19.4 Å². The number of aliphatic carboxylic acids is 4. The summed E-state index contributed by atoms with van der Waals surface area (Å²) in [5.41, 5.74) is 4.90. The first-order chi connectivity index (χ1) is 28.7. The molecule has 2 aliphatic heterocycles. The topological polar surface area (TPSA) is 245 Å².